The van der Waals surface area contributed by atoms with E-state index in [1.54, 1.807) is 12.4 Å². The molecule has 0 aliphatic carbocycles. The number of hydrogen-bond donors (Lipinski definition) is 2. The summed E-state index contributed by atoms with van der Waals surface area (Å²) in [7, 11) is 4.08. The largest absolute Gasteiger partial charge is 0.378 e. The van der Waals surface area contributed by atoms with Gasteiger partial charge >= 0.3 is 0 Å². The molecule has 1 saturated heterocycles. The lowest BCUT2D eigenvalue weighted by atomic mass is 9.90. The van der Waals surface area contributed by atoms with Crippen molar-refractivity contribution in [1.29, 1.82) is 0 Å². The van der Waals surface area contributed by atoms with E-state index >= 15 is 0 Å². The second-order valence-corrected chi connectivity index (χ2v) is 9.41. The maximum absolute atomic E-state index is 13.3. The zero-order chi connectivity index (χ0) is 24.2. The lowest BCUT2D eigenvalue weighted by Gasteiger charge is -2.32. The highest BCUT2D eigenvalue weighted by atomic mass is 16.1. The molecule has 1 amide bonds. The van der Waals surface area contributed by atoms with Crippen LogP contribution in [0, 0.1) is 5.92 Å². The number of aromatic amines is 1. The first-order chi connectivity index (χ1) is 17.1. The number of H-pyrrole nitrogens is 1. The highest BCUT2D eigenvalue weighted by Gasteiger charge is 2.28. The average molecular weight is 469 g/mol. The molecular weight excluding hydrogens is 436 g/mol. The Morgan fingerprint density at radius 3 is 2.66 bits per heavy atom. The number of hydrogen-bond acceptors (Lipinski definition) is 5. The Morgan fingerprint density at radius 1 is 1.11 bits per heavy atom. The number of aromatic nitrogens is 3. The van der Waals surface area contributed by atoms with E-state index in [1.807, 2.05) is 26.2 Å². The first-order valence-corrected chi connectivity index (χ1v) is 12.2. The summed E-state index contributed by atoms with van der Waals surface area (Å²) in [5.74, 6) is 0.763. The molecule has 0 unspecified atom stereocenters. The molecule has 180 valence electrons. The number of nitrogens with one attached hydrogen (secondary N) is 2. The van der Waals surface area contributed by atoms with Crippen LogP contribution in [0.3, 0.4) is 0 Å². The Balaban J connectivity index is 1.35. The summed E-state index contributed by atoms with van der Waals surface area (Å²) in [5, 5.41) is 4.47. The SMILES string of the molecule is CN(C)c1ccc([C@@H](CNC(=O)[C@H]2CCCN(c3ncccn3)C2)c2c[nH]c3ccccc23)cc1. The van der Waals surface area contributed by atoms with Gasteiger partial charge in [0.25, 0.3) is 0 Å². The lowest BCUT2D eigenvalue weighted by Crippen LogP contribution is -2.44. The molecule has 2 aromatic heterocycles. The molecule has 2 atom stereocenters. The summed E-state index contributed by atoms with van der Waals surface area (Å²) < 4.78 is 0. The first-order valence-electron chi connectivity index (χ1n) is 12.2. The smallest absolute Gasteiger partial charge is 0.225 e. The predicted molar refractivity (Wildman–Crippen MR) is 141 cm³/mol. The van der Waals surface area contributed by atoms with Gasteiger partial charge in [-0.25, -0.2) is 9.97 Å². The Morgan fingerprint density at radius 2 is 1.89 bits per heavy atom. The summed E-state index contributed by atoms with van der Waals surface area (Å²) in [6.07, 6.45) is 7.41. The van der Waals surface area contributed by atoms with Gasteiger partial charge in [0.05, 0.1) is 5.92 Å². The van der Waals surface area contributed by atoms with Crippen LogP contribution >= 0.6 is 0 Å². The number of rotatable bonds is 7. The van der Waals surface area contributed by atoms with Crippen molar-refractivity contribution in [2.45, 2.75) is 18.8 Å². The van der Waals surface area contributed by atoms with Crippen LogP contribution in [0.25, 0.3) is 10.9 Å². The van der Waals surface area contributed by atoms with E-state index in [4.69, 9.17) is 0 Å². The maximum atomic E-state index is 13.3. The number of anilines is 2. The molecule has 1 aliphatic rings. The molecule has 2 aromatic carbocycles. The number of carbonyl (C=O) groups is 1. The molecule has 0 saturated carbocycles. The van der Waals surface area contributed by atoms with Crippen LogP contribution in [-0.2, 0) is 4.79 Å². The van der Waals surface area contributed by atoms with E-state index in [2.05, 4.69) is 78.7 Å². The van der Waals surface area contributed by atoms with Crippen LogP contribution in [0.1, 0.15) is 29.9 Å². The van der Waals surface area contributed by atoms with Crippen LogP contribution in [0.15, 0.2) is 73.2 Å². The fourth-order valence-electron chi connectivity index (χ4n) is 4.97. The fourth-order valence-corrected chi connectivity index (χ4v) is 4.97. The molecule has 2 N–H and O–H groups in total. The van der Waals surface area contributed by atoms with Crippen LogP contribution < -0.4 is 15.1 Å². The van der Waals surface area contributed by atoms with Gasteiger partial charge in [-0.2, -0.15) is 0 Å². The van der Waals surface area contributed by atoms with Crippen LogP contribution in [0.4, 0.5) is 11.6 Å². The molecule has 4 aromatic rings. The third kappa shape index (κ3) is 4.99. The second-order valence-electron chi connectivity index (χ2n) is 9.41. The van der Waals surface area contributed by atoms with Gasteiger partial charge in [-0.05, 0) is 48.2 Å². The highest BCUT2D eigenvalue weighted by molar-refractivity contribution is 5.84. The van der Waals surface area contributed by atoms with E-state index in [9.17, 15) is 4.79 Å². The molecule has 0 bridgehead atoms. The normalized spacial score (nSPS) is 16.7. The van der Waals surface area contributed by atoms with Crippen molar-refractivity contribution < 1.29 is 4.79 Å². The van der Waals surface area contributed by atoms with Crippen molar-refractivity contribution in [2.24, 2.45) is 5.92 Å². The predicted octanol–water partition coefficient (Wildman–Crippen LogP) is 4.19. The van der Waals surface area contributed by atoms with Crippen molar-refractivity contribution in [3.63, 3.8) is 0 Å². The molecule has 1 fully saturated rings. The Kier molecular flexibility index (Phi) is 6.66. The fraction of sp³-hybridized carbons (Fsp3) is 0.321. The molecular formula is C28H32N6O. The number of amides is 1. The minimum Gasteiger partial charge on any atom is -0.378 e. The van der Waals surface area contributed by atoms with Gasteiger partial charge in [0, 0.05) is 74.8 Å². The zero-order valence-electron chi connectivity index (χ0n) is 20.3. The number of benzene rings is 2. The van der Waals surface area contributed by atoms with Crippen molar-refractivity contribution in [3.8, 4) is 0 Å². The summed E-state index contributed by atoms with van der Waals surface area (Å²) >= 11 is 0. The van der Waals surface area contributed by atoms with Gasteiger partial charge in [-0.3, -0.25) is 4.79 Å². The van der Waals surface area contributed by atoms with E-state index in [1.165, 1.54) is 16.5 Å². The monoisotopic (exact) mass is 468 g/mol. The molecule has 1 aliphatic heterocycles. The molecule has 7 nitrogen and oxygen atoms in total. The van der Waals surface area contributed by atoms with Crippen molar-refractivity contribution in [2.75, 3.05) is 43.5 Å². The Hall–Kier alpha value is -3.87. The second kappa shape index (κ2) is 10.2. The van der Waals surface area contributed by atoms with E-state index in [-0.39, 0.29) is 17.7 Å². The number of para-hydroxylation sites is 1. The summed E-state index contributed by atoms with van der Waals surface area (Å²) in [6, 6.07) is 18.8. The van der Waals surface area contributed by atoms with Gasteiger partial charge in [-0.15, -0.1) is 0 Å². The summed E-state index contributed by atoms with van der Waals surface area (Å²) in [5.41, 5.74) is 4.64. The lowest BCUT2D eigenvalue weighted by molar-refractivity contribution is -0.125. The van der Waals surface area contributed by atoms with E-state index < -0.39 is 0 Å². The van der Waals surface area contributed by atoms with Gasteiger partial charge in [0.2, 0.25) is 11.9 Å². The van der Waals surface area contributed by atoms with Gasteiger partial charge in [0.15, 0.2) is 0 Å². The molecule has 0 radical (unpaired) electrons. The van der Waals surface area contributed by atoms with Crippen LogP contribution in [-0.4, -0.2) is 54.6 Å². The number of fused-ring (bicyclic) bond motifs is 1. The van der Waals surface area contributed by atoms with Crippen molar-refractivity contribution >= 4 is 28.4 Å². The molecule has 5 rings (SSSR count). The number of carbonyl (C=O) groups excluding carboxylic acids is 1. The maximum Gasteiger partial charge on any atom is 0.225 e. The van der Waals surface area contributed by atoms with Crippen molar-refractivity contribution in [1.82, 2.24) is 20.3 Å². The average Bonchev–Trinajstić information content (AvgIpc) is 3.33. The van der Waals surface area contributed by atoms with Crippen LogP contribution in [0.5, 0.6) is 0 Å². The zero-order valence-corrected chi connectivity index (χ0v) is 20.3. The first kappa shape index (κ1) is 22.9. The van der Waals surface area contributed by atoms with E-state index in [0.29, 0.717) is 19.0 Å². The quantitative estimate of drug-likeness (QED) is 0.425. The summed E-state index contributed by atoms with van der Waals surface area (Å²) in [6.45, 7) is 2.06. The standard InChI is InChI=1S/C28H32N6O/c1-33(2)22-12-10-20(11-13-22)24(25-18-31-26-9-4-3-8-23(25)26)17-32-27(35)21-7-5-16-34(19-21)28-29-14-6-15-30-28/h3-4,6,8-15,18,21,24,31H,5,7,16-17,19H2,1-2H3,(H,32,35)/t21-,24+/m0/s1. The Labute approximate surface area is 206 Å². The third-order valence-corrected chi connectivity index (χ3v) is 6.92. The molecule has 7 heteroatoms. The Bertz CT molecular complexity index is 1270. The molecule has 35 heavy (non-hydrogen) atoms. The third-order valence-electron chi connectivity index (χ3n) is 6.92. The molecule has 3 heterocycles. The number of nitrogens with zero attached hydrogens (tertiary/aromatic N) is 4. The highest BCUT2D eigenvalue weighted by Crippen LogP contribution is 2.31. The summed E-state index contributed by atoms with van der Waals surface area (Å²) in [4.78, 5) is 29.6. The minimum atomic E-state index is -0.0766. The molecule has 0 spiro atoms. The number of piperidine rings is 1. The topological polar surface area (TPSA) is 77.2 Å². The van der Waals surface area contributed by atoms with Crippen molar-refractivity contribution in [3.05, 3.63) is 84.3 Å². The van der Waals surface area contributed by atoms with E-state index in [0.717, 1.165) is 30.6 Å². The minimum absolute atomic E-state index is 0.0449. The van der Waals surface area contributed by atoms with Gasteiger partial charge < -0.3 is 20.1 Å². The van der Waals surface area contributed by atoms with Crippen LogP contribution in [0.2, 0.25) is 0 Å². The van der Waals surface area contributed by atoms with Gasteiger partial charge in [0.1, 0.15) is 0 Å². The van der Waals surface area contributed by atoms with Gasteiger partial charge in [-0.1, -0.05) is 30.3 Å².